The summed E-state index contributed by atoms with van der Waals surface area (Å²) in [6, 6.07) is 6.11. The molecule has 2 aromatic heterocycles. The fourth-order valence-corrected chi connectivity index (χ4v) is 2.78. The van der Waals surface area contributed by atoms with Crippen molar-refractivity contribution in [3.63, 3.8) is 0 Å². The lowest BCUT2D eigenvalue weighted by atomic mass is 10.2. The molecule has 0 spiro atoms. The van der Waals surface area contributed by atoms with Gasteiger partial charge in [-0.15, -0.1) is 11.3 Å². The van der Waals surface area contributed by atoms with Gasteiger partial charge in [0.25, 0.3) is 0 Å². The number of rotatable bonds is 4. The van der Waals surface area contributed by atoms with Gasteiger partial charge in [0.2, 0.25) is 0 Å². The van der Waals surface area contributed by atoms with Gasteiger partial charge in [-0.25, -0.2) is 4.98 Å². The van der Waals surface area contributed by atoms with Gasteiger partial charge in [0.05, 0.1) is 3.79 Å². The maximum atomic E-state index is 5.62. The van der Waals surface area contributed by atoms with E-state index in [1.54, 1.807) is 17.5 Å². The molecule has 2 heterocycles. The van der Waals surface area contributed by atoms with E-state index < -0.39 is 0 Å². The third-order valence-electron chi connectivity index (χ3n) is 2.48. The van der Waals surface area contributed by atoms with Crippen LogP contribution < -0.4 is 10.6 Å². The molecule has 5 heteroatoms. The standard InChI is InChI=1S/C12H14BrN3S/c1-16(7-10-4-11(13)17-8-10)12-5-9(6-14)2-3-15-12/h2-5,8H,6-7,14H2,1H3. The van der Waals surface area contributed by atoms with E-state index in [0.29, 0.717) is 6.54 Å². The van der Waals surface area contributed by atoms with Crippen molar-refractivity contribution in [2.45, 2.75) is 13.1 Å². The van der Waals surface area contributed by atoms with E-state index in [1.807, 2.05) is 19.2 Å². The van der Waals surface area contributed by atoms with Gasteiger partial charge in [0.15, 0.2) is 0 Å². The Morgan fingerprint density at radius 1 is 1.41 bits per heavy atom. The fraction of sp³-hybridized carbons (Fsp3) is 0.250. The molecule has 0 aromatic carbocycles. The maximum absolute atomic E-state index is 5.62. The van der Waals surface area contributed by atoms with Crippen molar-refractivity contribution in [1.82, 2.24) is 4.98 Å². The highest BCUT2D eigenvalue weighted by Crippen LogP contribution is 2.22. The first-order chi connectivity index (χ1) is 8.19. The van der Waals surface area contributed by atoms with Gasteiger partial charge in [-0.1, -0.05) is 0 Å². The number of thiophene rings is 1. The molecular formula is C12H14BrN3S. The summed E-state index contributed by atoms with van der Waals surface area (Å²) in [4.78, 5) is 6.47. The van der Waals surface area contributed by atoms with Crippen LogP contribution in [0.5, 0.6) is 0 Å². The first kappa shape index (κ1) is 12.5. The summed E-state index contributed by atoms with van der Waals surface area (Å²) >= 11 is 5.17. The van der Waals surface area contributed by atoms with E-state index in [0.717, 1.165) is 21.7 Å². The highest BCUT2D eigenvalue weighted by molar-refractivity contribution is 9.11. The first-order valence-corrected chi connectivity index (χ1v) is 6.95. The SMILES string of the molecule is CN(Cc1csc(Br)c1)c1cc(CN)ccn1. The molecule has 90 valence electrons. The molecule has 0 bridgehead atoms. The minimum Gasteiger partial charge on any atom is -0.355 e. The topological polar surface area (TPSA) is 42.1 Å². The van der Waals surface area contributed by atoms with E-state index in [2.05, 4.69) is 37.3 Å². The lowest BCUT2D eigenvalue weighted by molar-refractivity contribution is 0.895. The van der Waals surface area contributed by atoms with E-state index in [4.69, 9.17) is 5.73 Å². The second-order valence-corrected chi connectivity index (χ2v) is 6.13. The maximum Gasteiger partial charge on any atom is 0.128 e. The molecule has 2 aromatic rings. The van der Waals surface area contributed by atoms with Gasteiger partial charge in [0.1, 0.15) is 5.82 Å². The molecule has 2 N–H and O–H groups in total. The van der Waals surface area contributed by atoms with Crippen LogP contribution in [0.3, 0.4) is 0 Å². The largest absolute Gasteiger partial charge is 0.355 e. The van der Waals surface area contributed by atoms with Crippen LogP contribution in [-0.2, 0) is 13.1 Å². The molecule has 0 radical (unpaired) electrons. The van der Waals surface area contributed by atoms with Crippen LogP contribution in [0.25, 0.3) is 0 Å². The normalized spacial score (nSPS) is 10.5. The Morgan fingerprint density at radius 3 is 2.88 bits per heavy atom. The van der Waals surface area contributed by atoms with Crippen molar-refractivity contribution in [3.05, 3.63) is 44.7 Å². The molecule has 2 rings (SSSR count). The highest BCUT2D eigenvalue weighted by Gasteiger charge is 2.05. The van der Waals surface area contributed by atoms with E-state index in [1.165, 1.54) is 5.56 Å². The Hall–Kier alpha value is -0.910. The highest BCUT2D eigenvalue weighted by atomic mass is 79.9. The Bertz CT molecular complexity index is 498. The number of anilines is 1. The van der Waals surface area contributed by atoms with Crippen LogP contribution in [0.2, 0.25) is 0 Å². The van der Waals surface area contributed by atoms with E-state index in [-0.39, 0.29) is 0 Å². The van der Waals surface area contributed by atoms with E-state index >= 15 is 0 Å². The molecule has 0 saturated heterocycles. The van der Waals surface area contributed by atoms with Gasteiger partial charge in [-0.05, 0) is 50.6 Å². The van der Waals surface area contributed by atoms with Crippen molar-refractivity contribution >= 4 is 33.1 Å². The average molecular weight is 312 g/mol. The van der Waals surface area contributed by atoms with Crippen LogP contribution in [0, 0.1) is 0 Å². The smallest absolute Gasteiger partial charge is 0.128 e. The molecular weight excluding hydrogens is 298 g/mol. The number of nitrogens with two attached hydrogens (primary N) is 1. The molecule has 0 fully saturated rings. The zero-order chi connectivity index (χ0) is 12.3. The van der Waals surface area contributed by atoms with E-state index in [9.17, 15) is 0 Å². The molecule has 17 heavy (non-hydrogen) atoms. The number of pyridine rings is 1. The molecule has 0 aliphatic heterocycles. The Morgan fingerprint density at radius 2 is 2.24 bits per heavy atom. The molecule has 0 saturated carbocycles. The minimum absolute atomic E-state index is 0.549. The van der Waals surface area contributed by atoms with Gasteiger partial charge >= 0.3 is 0 Å². The molecule has 0 aliphatic carbocycles. The second kappa shape index (κ2) is 5.62. The van der Waals surface area contributed by atoms with Gasteiger partial charge in [0, 0.05) is 26.3 Å². The third kappa shape index (κ3) is 3.28. The fourth-order valence-electron chi connectivity index (χ4n) is 1.58. The lowest BCUT2D eigenvalue weighted by Crippen LogP contribution is -2.17. The monoisotopic (exact) mass is 311 g/mol. The predicted octanol–water partition coefficient (Wildman–Crippen LogP) is 3.00. The van der Waals surface area contributed by atoms with Crippen molar-refractivity contribution in [2.24, 2.45) is 5.73 Å². The zero-order valence-corrected chi connectivity index (χ0v) is 12.0. The number of halogens is 1. The Labute approximate surface area is 113 Å². The number of nitrogens with zero attached hydrogens (tertiary/aromatic N) is 2. The lowest BCUT2D eigenvalue weighted by Gasteiger charge is -2.17. The summed E-state index contributed by atoms with van der Waals surface area (Å²) < 4.78 is 1.16. The summed E-state index contributed by atoms with van der Waals surface area (Å²) in [7, 11) is 2.04. The summed E-state index contributed by atoms with van der Waals surface area (Å²) in [5.41, 5.74) is 8.01. The van der Waals surface area contributed by atoms with Crippen LogP contribution in [0.15, 0.2) is 33.6 Å². The molecule has 0 unspecified atom stereocenters. The summed E-state index contributed by atoms with van der Waals surface area (Å²) in [6.45, 7) is 1.40. The van der Waals surface area contributed by atoms with Crippen LogP contribution in [-0.4, -0.2) is 12.0 Å². The van der Waals surface area contributed by atoms with Crippen molar-refractivity contribution in [2.75, 3.05) is 11.9 Å². The predicted molar refractivity (Wildman–Crippen MR) is 76.3 cm³/mol. The first-order valence-electron chi connectivity index (χ1n) is 5.28. The minimum atomic E-state index is 0.549. The summed E-state index contributed by atoms with van der Waals surface area (Å²) in [5, 5.41) is 2.15. The third-order valence-corrected chi connectivity index (χ3v) is 4.03. The van der Waals surface area contributed by atoms with Gasteiger partial charge in [-0.2, -0.15) is 0 Å². The van der Waals surface area contributed by atoms with Crippen molar-refractivity contribution < 1.29 is 0 Å². The number of aromatic nitrogens is 1. The van der Waals surface area contributed by atoms with Crippen LogP contribution >= 0.6 is 27.3 Å². The number of hydrogen-bond donors (Lipinski definition) is 1. The molecule has 0 aliphatic rings. The molecule has 0 amide bonds. The van der Waals surface area contributed by atoms with Crippen LogP contribution in [0.1, 0.15) is 11.1 Å². The van der Waals surface area contributed by atoms with Gasteiger partial charge < -0.3 is 10.6 Å². The quantitative estimate of drug-likeness (QED) is 0.944. The number of hydrogen-bond acceptors (Lipinski definition) is 4. The summed E-state index contributed by atoms with van der Waals surface area (Å²) in [5.74, 6) is 0.954. The Balaban J connectivity index is 2.11. The van der Waals surface area contributed by atoms with Crippen molar-refractivity contribution in [1.29, 1.82) is 0 Å². The summed E-state index contributed by atoms with van der Waals surface area (Å²) in [6.07, 6.45) is 1.80. The van der Waals surface area contributed by atoms with Crippen molar-refractivity contribution in [3.8, 4) is 0 Å². The second-order valence-electron chi connectivity index (χ2n) is 3.84. The molecule has 3 nitrogen and oxygen atoms in total. The molecule has 0 atom stereocenters. The Kier molecular flexibility index (Phi) is 4.15. The zero-order valence-electron chi connectivity index (χ0n) is 9.56. The van der Waals surface area contributed by atoms with Gasteiger partial charge in [-0.3, -0.25) is 0 Å². The van der Waals surface area contributed by atoms with Crippen LogP contribution in [0.4, 0.5) is 5.82 Å². The average Bonchev–Trinajstić information content (AvgIpc) is 2.75.